The smallest absolute Gasteiger partial charge is 0.338 e. The molecule has 2 fully saturated rings. The van der Waals surface area contributed by atoms with Crippen molar-refractivity contribution in [2.45, 2.75) is 74.7 Å². The zero-order valence-electron chi connectivity index (χ0n) is 27.7. The Labute approximate surface area is 293 Å². The molecule has 3 aromatic carbocycles. The van der Waals surface area contributed by atoms with Gasteiger partial charge in [-0.2, -0.15) is 0 Å². The topological polar surface area (TPSA) is 150 Å². The van der Waals surface area contributed by atoms with E-state index < -0.39 is 65.3 Å². The average molecular weight is 707 g/mol. The summed E-state index contributed by atoms with van der Waals surface area (Å²) in [5.41, 5.74) is -0.285. The Morgan fingerprint density at radius 2 is 1.20 bits per heavy atom. The highest BCUT2D eigenvalue weighted by Gasteiger charge is 2.53. The van der Waals surface area contributed by atoms with Gasteiger partial charge in [-0.25, -0.2) is 14.4 Å². The van der Waals surface area contributed by atoms with Gasteiger partial charge in [-0.3, -0.25) is 9.59 Å². The van der Waals surface area contributed by atoms with Gasteiger partial charge in [0, 0.05) is 18.6 Å². The number of carbonyl (C=O) groups is 5. The number of hydrogen-bond donors (Lipinski definition) is 0. The molecule has 2 heterocycles. The van der Waals surface area contributed by atoms with Gasteiger partial charge in [-0.15, -0.1) is 11.8 Å². The van der Waals surface area contributed by atoms with Crippen molar-refractivity contribution in [3.8, 4) is 0 Å². The van der Waals surface area contributed by atoms with Crippen molar-refractivity contribution in [3.63, 3.8) is 0 Å². The molecule has 13 heteroatoms. The summed E-state index contributed by atoms with van der Waals surface area (Å²) in [7, 11) is 0. The fraction of sp³-hybridized carbons (Fsp3) is 0.378. The van der Waals surface area contributed by atoms with Crippen LogP contribution in [0.2, 0.25) is 0 Å². The van der Waals surface area contributed by atoms with Crippen molar-refractivity contribution in [1.82, 2.24) is 0 Å². The molecule has 0 N–H and O–H groups in total. The number of carbonyl (C=O) groups excluding carboxylic acids is 5. The van der Waals surface area contributed by atoms with Crippen LogP contribution in [0.3, 0.4) is 0 Å². The first-order valence-electron chi connectivity index (χ1n) is 16.1. The van der Waals surface area contributed by atoms with E-state index in [-0.39, 0.29) is 42.6 Å². The molecule has 0 aromatic heterocycles. The molecule has 2 saturated heterocycles. The standard InChI is InChI=1S/C37H38O12S/c1-22(2)45-36-27(39)19-30(28(46-36)20-43-23(3)38)50-37-32(49-35(42)26-17-11-6-12-18-26)31(48-34(41)25-15-9-5-10-16-25)29(47-37)21-44-33(40)24-13-7-4-8-14-24/h4-18,22,28-32,36-37H,19-21H2,1-3H3/t28-,29-,30-,31-,32-,36+,37+/m1/s1. The minimum absolute atomic E-state index is 0.0602. The Balaban J connectivity index is 1.45. The van der Waals surface area contributed by atoms with E-state index >= 15 is 0 Å². The molecule has 7 atom stereocenters. The van der Waals surface area contributed by atoms with Gasteiger partial charge in [-0.05, 0) is 50.2 Å². The lowest BCUT2D eigenvalue weighted by atomic mass is 10.1. The highest BCUT2D eigenvalue weighted by Crippen LogP contribution is 2.40. The molecule has 0 spiro atoms. The second-order valence-corrected chi connectivity index (χ2v) is 13.2. The van der Waals surface area contributed by atoms with E-state index in [4.69, 9.17) is 33.2 Å². The summed E-state index contributed by atoms with van der Waals surface area (Å²) in [5.74, 6) is -2.96. The van der Waals surface area contributed by atoms with Gasteiger partial charge in [0.25, 0.3) is 0 Å². The normalized spacial score (nSPS) is 24.7. The largest absolute Gasteiger partial charge is 0.463 e. The first-order chi connectivity index (χ1) is 24.1. The molecule has 0 bridgehead atoms. The van der Waals surface area contributed by atoms with E-state index in [1.165, 1.54) is 6.92 Å². The second-order valence-electron chi connectivity index (χ2n) is 11.8. The van der Waals surface area contributed by atoms with Crippen LogP contribution in [-0.4, -0.2) is 90.4 Å². The van der Waals surface area contributed by atoms with Crippen LogP contribution >= 0.6 is 11.8 Å². The second kappa shape index (κ2) is 17.4. The molecule has 0 aliphatic carbocycles. The zero-order valence-corrected chi connectivity index (χ0v) is 28.5. The van der Waals surface area contributed by atoms with Gasteiger partial charge in [0.2, 0.25) is 6.29 Å². The Morgan fingerprint density at radius 1 is 0.700 bits per heavy atom. The fourth-order valence-corrected chi connectivity index (χ4v) is 6.80. The van der Waals surface area contributed by atoms with Crippen molar-refractivity contribution in [3.05, 3.63) is 108 Å². The first-order valence-corrected chi connectivity index (χ1v) is 17.1. The number of rotatable bonds is 13. The maximum absolute atomic E-state index is 13.5. The third kappa shape index (κ3) is 9.78. The van der Waals surface area contributed by atoms with Crippen LogP contribution in [0.4, 0.5) is 0 Å². The number of thioether (sulfide) groups is 1. The molecule has 50 heavy (non-hydrogen) atoms. The van der Waals surface area contributed by atoms with Crippen molar-refractivity contribution < 1.29 is 57.1 Å². The molecule has 0 amide bonds. The van der Waals surface area contributed by atoms with Crippen molar-refractivity contribution >= 4 is 41.4 Å². The minimum atomic E-state index is -1.25. The van der Waals surface area contributed by atoms with E-state index in [1.807, 2.05) is 0 Å². The van der Waals surface area contributed by atoms with Crippen LogP contribution in [0.1, 0.15) is 58.3 Å². The van der Waals surface area contributed by atoms with Crippen LogP contribution in [0, 0.1) is 0 Å². The highest BCUT2D eigenvalue weighted by molar-refractivity contribution is 8.00. The predicted molar refractivity (Wildman–Crippen MR) is 179 cm³/mol. The maximum atomic E-state index is 13.5. The molecular weight excluding hydrogens is 668 g/mol. The lowest BCUT2D eigenvalue weighted by molar-refractivity contribution is -0.211. The summed E-state index contributed by atoms with van der Waals surface area (Å²) in [6.07, 6.45) is -5.95. The number of benzene rings is 3. The van der Waals surface area contributed by atoms with Gasteiger partial charge < -0.3 is 33.2 Å². The third-order valence-electron chi connectivity index (χ3n) is 7.69. The SMILES string of the molecule is CC(=O)OC[C@H]1O[C@H](OC(C)C)C(=O)C[C@H]1S[C@@H]1O[C@H](COC(=O)c2ccccc2)[C@@H](OC(=O)c2ccccc2)[C@H]1OC(=O)c1ccccc1. The first kappa shape index (κ1) is 36.7. The lowest BCUT2D eigenvalue weighted by Crippen LogP contribution is -2.49. The van der Waals surface area contributed by atoms with Crippen LogP contribution < -0.4 is 0 Å². The zero-order chi connectivity index (χ0) is 35.6. The monoisotopic (exact) mass is 706 g/mol. The Morgan fingerprint density at radius 3 is 1.72 bits per heavy atom. The lowest BCUT2D eigenvalue weighted by Gasteiger charge is -2.36. The third-order valence-corrected chi connectivity index (χ3v) is 9.16. The van der Waals surface area contributed by atoms with Gasteiger partial charge in [0.05, 0.1) is 22.8 Å². The van der Waals surface area contributed by atoms with E-state index in [1.54, 1.807) is 105 Å². The fourth-order valence-electron chi connectivity index (χ4n) is 5.31. The number of ether oxygens (including phenoxy) is 7. The van der Waals surface area contributed by atoms with Crippen LogP contribution in [0.15, 0.2) is 91.0 Å². The summed E-state index contributed by atoms with van der Waals surface area (Å²) in [6.45, 7) is 4.23. The van der Waals surface area contributed by atoms with Crippen molar-refractivity contribution in [2.75, 3.05) is 13.2 Å². The van der Waals surface area contributed by atoms with E-state index in [0.717, 1.165) is 11.8 Å². The molecule has 3 aromatic rings. The Kier molecular flexibility index (Phi) is 12.8. The van der Waals surface area contributed by atoms with Gasteiger partial charge >= 0.3 is 23.9 Å². The molecule has 12 nitrogen and oxygen atoms in total. The van der Waals surface area contributed by atoms with Gasteiger partial charge in [-0.1, -0.05) is 54.6 Å². The molecular formula is C37H38O12S. The molecule has 2 aliphatic heterocycles. The predicted octanol–water partition coefficient (Wildman–Crippen LogP) is 4.79. The van der Waals surface area contributed by atoms with E-state index in [9.17, 15) is 24.0 Å². The number of hydrogen-bond acceptors (Lipinski definition) is 13. The highest BCUT2D eigenvalue weighted by atomic mass is 32.2. The number of Topliss-reactive ketones (excluding diaryl/α,β-unsaturated/α-hetero) is 1. The summed E-state index contributed by atoms with van der Waals surface area (Å²) in [6, 6.07) is 24.8. The maximum Gasteiger partial charge on any atom is 0.338 e. The van der Waals surface area contributed by atoms with Crippen molar-refractivity contribution in [2.24, 2.45) is 0 Å². The molecule has 5 rings (SSSR count). The van der Waals surface area contributed by atoms with Crippen LogP contribution in [0.25, 0.3) is 0 Å². The van der Waals surface area contributed by atoms with Crippen LogP contribution in [0.5, 0.6) is 0 Å². The molecule has 264 valence electrons. The van der Waals surface area contributed by atoms with E-state index in [0.29, 0.717) is 5.56 Å². The summed E-state index contributed by atoms with van der Waals surface area (Å²) in [4.78, 5) is 64.7. The molecule has 0 radical (unpaired) electrons. The quantitative estimate of drug-likeness (QED) is 0.177. The summed E-state index contributed by atoms with van der Waals surface area (Å²) < 4.78 is 40.9. The molecule has 0 unspecified atom stereocenters. The minimum Gasteiger partial charge on any atom is -0.463 e. The Hall–Kier alpha value is -4.56. The summed E-state index contributed by atoms with van der Waals surface area (Å²) in [5, 5.41) is -0.673. The summed E-state index contributed by atoms with van der Waals surface area (Å²) >= 11 is 1.09. The molecule has 2 aliphatic rings. The van der Waals surface area contributed by atoms with Crippen LogP contribution in [-0.2, 0) is 42.7 Å². The molecule has 0 saturated carbocycles. The Bertz CT molecular complexity index is 1620. The van der Waals surface area contributed by atoms with Gasteiger partial charge in [0.1, 0.15) is 30.9 Å². The number of esters is 4. The number of ketones is 1. The van der Waals surface area contributed by atoms with Crippen molar-refractivity contribution in [1.29, 1.82) is 0 Å². The van der Waals surface area contributed by atoms with Gasteiger partial charge in [0.15, 0.2) is 18.0 Å². The average Bonchev–Trinajstić information content (AvgIpc) is 3.42. The van der Waals surface area contributed by atoms with E-state index in [2.05, 4.69) is 0 Å².